The molecule has 0 aliphatic heterocycles. The van der Waals surface area contributed by atoms with Gasteiger partial charge < -0.3 is 19.5 Å². The summed E-state index contributed by atoms with van der Waals surface area (Å²) in [6, 6.07) is 19.1. The van der Waals surface area contributed by atoms with Crippen LogP contribution in [0.1, 0.15) is 81.8 Å². The van der Waals surface area contributed by atoms with Crippen molar-refractivity contribution in [3.63, 3.8) is 0 Å². The number of anilines is 1. The number of benzene rings is 3. The summed E-state index contributed by atoms with van der Waals surface area (Å²) in [5, 5.41) is 16.8. The molecule has 4 rings (SSSR count). The lowest BCUT2D eigenvalue weighted by Gasteiger charge is -2.32. The average molecular weight is 661 g/mol. The molecule has 1 atom stereocenters. The first-order valence-electron chi connectivity index (χ1n) is 15.3. The minimum atomic E-state index is -2.24. The van der Waals surface area contributed by atoms with Gasteiger partial charge in [-0.05, 0) is 75.9 Å². The van der Waals surface area contributed by atoms with Gasteiger partial charge in [-0.15, -0.1) is 0 Å². The minimum absolute atomic E-state index is 0.00782. The van der Waals surface area contributed by atoms with Crippen LogP contribution in [0.3, 0.4) is 0 Å². The summed E-state index contributed by atoms with van der Waals surface area (Å²) in [4.78, 5) is 62.9. The molecule has 2 amide bonds. The molecule has 1 aliphatic carbocycles. The van der Waals surface area contributed by atoms with Gasteiger partial charge in [0.15, 0.2) is 5.66 Å². The third kappa shape index (κ3) is 8.73. The van der Waals surface area contributed by atoms with Gasteiger partial charge in [-0.25, -0.2) is 9.59 Å². The average Bonchev–Trinajstić information content (AvgIpc) is 3.31. The fourth-order valence-corrected chi connectivity index (χ4v) is 5.25. The molecule has 3 aromatic rings. The number of hydrogen-bond donors (Lipinski definition) is 3. The molecule has 13 nitrogen and oxygen atoms in total. The third-order valence-electron chi connectivity index (χ3n) is 7.27. The van der Waals surface area contributed by atoms with Crippen LogP contribution >= 0.6 is 0 Å². The summed E-state index contributed by atoms with van der Waals surface area (Å²) in [5.74, 6) is -3.00. The molecule has 48 heavy (non-hydrogen) atoms. The van der Waals surface area contributed by atoms with E-state index in [0.29, 0.717) is 0 Å². The summed E-state index contributed by atoms with van der Waals surface area (Å²) in [5.41, 5.74) is 5.28. The number of nitrogens with two attached hydrogens (primary N) is 1. The van der Waals surface area contributed by atoms with Gasteiger partial charge in [0.05, 0.1) is 10.6 Å². The quantitative estimate of drug-likeness (QED) is 0.0787. The second-order valence-electron chi connectivity index (χ2n) is 13.5. The first-order valence-corrected chi connectivity index (χ1v) is 15.3. The summed E-state index contributed by atoms with van der Waals surface area (Å²) in [6.07, 6.45) is -1.63. The fraction of sp³-hybridized carbons (Fsp3) is 0.371. The normalized spacial score (nSPS) is 13.7. The Morgan fingerprint density at radius 2 is 1.42 bits per heavy atom. The van der Waals surface area contributed by atoms with Crippen LogP contribution in [0.2, 0.25) is 0 Å². The van der Waals surface area contributed by atoms with Crippen LogP contribution in [-0.4, -0.2) is 52.3 Å². The topological polar surface area (TPSA) is 189 Å². The number of amides is 2. The zero-order valence-electron chi connectivity index (χ0n) is 27.7. The smallest absolute Gasteiger partial charge is 0.411 e. The molecule has 0 spiro atoms. The Hall–Kier alpha value is -5.30. The number of nitro groups is 1. The van der Waals surface area contributed by atoms with Crippen molar-refractivity contribution in [1.29, 1.82) is 0 Å². The molecule has 0 fully saturated rings. The van der Waals surface area contributed by atoms with E-state index in [9.17, 15) is 29.3 Å². The van der Waals surface area contributed by atoms with Gasteiger partial charge in [-0.1, -0.05) is 48.5 Å². The van der Waals surface area contributed by atoms with Crippen molar-refractivity contribution in [2.75, 3.05) is 11.9 Å². The Bertz CT molecular complexity index is 1700. The van der Waals surface area contributed by atoms with Crippen molar-refractivity contribution >= 4 is 35.3 Å². The molecule has 4 N–H and O–H groups in total. The van der Waals surface area contributed by atoms with Gasteiger partial charge in [0.2, 0.25) is 0 Å². The Labute approximate surface area is 278 Å². The maximum atomic E-state index is 13.4. The highest BCUT2D eigenvalue weighted by atomic mass is 16.6. The molecular formula is C35H40N4O9. The van der Waals surface area contributed by atoms with Crippen LogP contribution in [-0.2, 0) is 23.8 Å². The van der Waals surface area contributed by atoms with E-state index >= 15 is 0 Å². The predicted octanol–water partition coefficient (Wildman–Crippen LogP) is 5.80. The van der Waals surface area contributed by atoms with Crippen LogP contribution in [0.15, 0.2) is 66.7 Å². The van der Waals surface area contributed by atoms with E-state index in [2.05, 4.69) is 10.6 Å². The highest BCUT2D eigenvalue weighted by Gasteiger charge is 2.41. The fourth-order valence-electron chi connectivity index (χ4n) is 5.25. The van der Waals surface area contributed by atoms with Crippen molar-refractivity contribution < 1.29 is 38.3 Å². The number of fused-ring (bicyclic) bond motifs is 3. The van der Waals surface area contributed by atoms with Crippen LogP contribution < -0.4 is 16.4 Å². The number of rotatable bonds is 10. The van der Waals surface area contributed by atoms with E-state index < -0.39 is 63.4 Å². The van der Waals surface area contributed by atoms with Gasteiger partial charge >= 0.3 is 18.0 Å². The van der Waals surface area contributed by atoms with Crippen molar-refractivity contribution in [2.24, 2.45) is 5.73 Å². The monoisotopic (exact) mass is 660 g/mol. The predicted molar refractivity (Wildman–Crippen MR) is 177 cm³/mol. The van der Waals surface area contributed by atoms with Crippen molar-refractivity contribution in [3.8, 4) is 11.1 Å². The second kappa shape index (κ2) is 13.8. The molecule has 3 aromatic carbocycles. The Balaban J connectivity index is 1.48. The number of esters is 2. The maximum Gasteiger partial charge on any atom is 0.411 e. The Morgan fingerprint density at radius 1 is 0.854 bits per heavy atom. The standard InChI is InChI=1S/C35H40N4O9/c1-33(2,3)47-29(40)17-18-35(36,31(42)48-34(4,5)6)38-30(41)26-16-15-21(19-28(26)39(44)45)37-32(43)46-20-27-24-13-9-7-11-22(24)23-12-8-10-14-25(23)27/h7-16,19,27H,17-18,20,36H2,1-6H3,(H,37,43)(H,38,41)/t35-/m0/s1. The third-order valence-corrected chi connectivity index (χ3v) is 7.27. The van der Waals surface area contributed by atoms with E-state index in [1.54, 1.807) is 41.5 Å². The van der Waals surface area contributed by atoms with Gasteiger partial charge in [-0.3, -0.25) is 30.8 Å². The first kappa shape index (κ1) is 35.6. The van der Waals surface area contributed by atoms with E-state index in [-0.39, 0.29) is 24.6 Å². The number of hydrogen-bond acceptors (Lipinski definition) is 10. The summed E-state index contributed by atoms with van der Waals surface area (Å²) < 4.78 is 16.2. The minimum Gasteiger partial charge on any atom is -0.460 e. The highest BCUT2D eigenvalue weighted by Crippen LogP contribution is 2.44. The van der Waals surface area contributed by atoms with Crippen LogP contribution in [0.25, 0.3) is 11.1 Å². The molecule has 0 saturated heterocycles. The number of nitrogens with one attached hydrogen (secondary N) is 2. The van der Waals surface area contributed by atoms with E-state index in [0.717, 1.165) is 34.4 Å². The van der Waals surface area contributed by atoms with E-state index in [1.165, 1.54) is 6.07 Å². The largest absolute Gasteiger partial charge is 0.460 e. The summed E-state index contributed by atoms with van der Waals surface area (Å²) >= 11 is 0. The van der Waals surface area contributed by atoms with E-state index in [4.69, 9.17) is 19.9 Å². The number of carbonyl (C=O) groups excluding carboxylic acids is 4. The lowest BCUT2D eigenvalue weighted by atomic mass is 9.98. The van der Waals surface area contributed by atoms with Crippen molar-refractivity contribution in [1.82, 2.24) is 5.32 Å². The maximum absolute atomic E-state index is 13.4. The zero-order chi connectivity index (χ0) is 35.4. The van der Waals surface area contributed by atoms with Crippen LogP contribution in [0.5, 0.6) is 0 Å². The summed E-state index contributed by atoms with van der Waals surface area (Å²) in [7, 11) is 0. The molecule has 0 unspecified atom stereocenters. The lowest BCUT2D eigenvalue weighted by molar-refractivity contribution is -0.385. The molecule has 1 aliphatic rings. The zero-order valence-corrected chi connectivity index (χ0v) is 27.7. The van der Waals surface area contributed by atoms with Gasteiger partial charge in [0.25, 0.3) is 11.6 Å². The Morgan fingerprint density at radius 3 is 1.96 bits per heavy atom. The summed E-state index contributed by atoms with van der Waals surface area (Å²) in [6.45, 7) is 9.80. The molecule has 254 valence electrons. The molecular weight excluding hydrogens is 620 g/mol. The van der Waals surface area contributed by atoms with Crippen molar-refractivity contribution in [3.05, 3.63) is 93.5 Å². The molecule has 0 saturated carbocycles. The van der Waals surface area contributed by atoms with Gasteiger partial charge in [-0.2, -0.15) is 0 Å². The molecule has 0 heterocycles. The first-order chi connectivity index (χ1) is 22.4. The van der Waals surface area contributed by atoms with Crippen molar-refractivity contribution in [2.45, 2.75) is 77.2 Å². The van der Waals surface area contributed by atoms with Crippen LogP contribution in [0.4, 0.5) is 16.2 Å². The Kier molecular flexibility index (Phi) is 10.2. The molecule has 0 bridgehead atoms. The SMILES string of the molecule is CC(C)(C)OC(=O)CC[C@](N)(NC(=O)c1ccc(NC(=O)OCC2c3ccccc3-c3ccccc32)cc1[N+](=O)[O-])C(=O)OC(C)(C)C. The van der Waals surface area contributed by atoms with Gasteiger partial charge in [0.1, 0.15) is 23.4 Å². The number of nitrogens with zero attached hydrogens (tertiary/aromatic N) is 1. The van der Waals surface area contributed by atoms with E-state index in [1.807, 2.05) is 48.5 Å². The molecule has 13 heteroatoms. The number of ether oxygens (including phenoxy) is 3. The number of nitro benzene ring substituents is 1. The second-order valence-corrected chi connectivity index (χ2v) is 13.5. The lowest BCUT2D eigenvalue weighted by Crippen LogP contribution is -2.63. The number of carbonyl (C=O) groups is 4. The highest BCUT2D eigenvalue weighted by molar-refractivity contribution is 6.02. The molecule has 0 radical (unpaired) electrons. The van der Waals surface area contributed by atoms with Crippen LogP contribution in [0, 0.1) is 10.1 Å². The van der Waals surface area contributed by atoms with Gasteiger partial charge in [0, 0.05) is 24.8 Å². The molecule has 0 aromatic heterocycles.